The Hall–Kier alpha value is -0.700. The number of nitrogens with zero attached hydrogens (tertiary/aromatic N) is 1. The van der Waals surface area contributed by atoms with Crippen molar-refractivity contribution in [1.82, 2.24) is 0 Å². The molecule has 0 fully saturated rings. The number of ether oxygens (including phenoxy) is 3. The van der Waals surface area contributed by atoms with E-state index in [1.807, 2.05) is 21.1 Å². The average Bonchev–Trinajstić information content (AvgIpc) is 2.66. The van der Waals surface area contributed by atoms with Crippen molar-refractivity contribution in [2.75, 3.05) is 61.2 Å². The third kappa shape index (κ3) is 19.3. The Morgan fingerprint density at radius 1 is 0.933 bits per heavy atom. The first-order valence-electron chi connectivity index (χ1n) is 10.8. The maximum atomic E-state index is 11.9. The first-order valence-corrected chi connectivity index (χ1v) is 12.3. The predicted molar refractivity (Wildman–Crippen MR) is 113 cm³/mol. The van der Waals surface area contributed by atoms with E-state index in [4.69, 9.17) is 18.5 Å². The van der Waals surface area contributed by atoms with Gasteiger partial charge in [-0.1, -0.05) is 51.9 Å². The summed E-state index contributed by atoms with van der Waals surface area (Å²) in [5, 5.41) is 0. The Morgan fingerprint density at radius 2 is 1.53 bits per heavy atom. The van der Waals surface area contributed by atoms with Gasteiger partial charge >= 0.3 is 6.16 Å². The first kappa shape index (κ1) is 29.3. The van der Waals surface area contributed by atoms with Crippen molar-refractivity contribution in [2.24, 2.45) is 0 Å². The van der Waals surface area contributed by atoms with Crippen LogP contribution in [0, 0.1) is 0 Å². The van der Waals surface area contributed by atoms with Crippen LogP contribution in [0.15, 0.2) is 0 Å². The van der Waals surface area contributed by atoms with Crippen LogP contribution >= 0.6 is 7.82 Å². The van der Waals surface area contributed by atoms with Gasteiger partial charge in [0, 0.05) is 6.61 Å². The van der Waals surface area contributed by atoms with E-state index < -0.39 is 26.7 Å². The van der Waals surface area contributed by atoms with Gasteiger partial charge in [-0.05, 0) is 6.42 Å². The van der Waals surface area contributed by atoms with Crippen LogP contribution in [0.4, 0.5) is 4.79 Å². The molecule has 0 heterocycles. The lowest BCUT2D eigenvalue weighted by molar-refractivity contribution is -0.870. The minimum atomic E-state index is -4.50. The van der Waals surface area contributed by atoms with Gasteiger partial charge in [-0.3, -0.25) is 4.57 Å². The van der Waals surface area contributed by atoms with Crippen molar-refractivity contribution < 1.29 is 42.0 Å². The molecule has 0 N–H and O–H groups in total. The molecule has 9 nitrogen and oxygen atoms in total. The van der Waals surface area contributed by atoms with E-state index in [1.165, 1.54) is 45.6 Å². The van der Waals surface area contributed by atoms with Crippen molar-refractivity contribution >= 4 is 14.0 Å². The van der Waals surface area contributed by atoms with Crippen molar-refractivity contribution in [3.8, 4) is 0 Å². The number of likely N-dealkylation sites (N-methyl/N-ethyl adjacent to an activating group) is 1. The number of hydrogen-bond acceptors (Lipinski definition) is 8. The van der Waals surface area contributed by atoms with Gasteiger partial charge in [0.05, 0.1) is 41.5 Å². The molecular formula is C20H42NO8P. The summed E-state index contributed by atoms with van der Waals surface area (Å²) in [7, 11) is 2.44. The van der Waals surface area contributed by atoms with Crippen LogP contribution in [0.1, 0.15) is 58.3 Å². The van der Waals surface area contributed by atoms with Gasteiger partial charge in [-0.25, -0.2) is 4.79 Å². The lowest BCUT2D eigenvalue weighted by Crippen LogP contribution is -2.37. The van der Waals surface area contributed by atoms with E-state index in [2.05, 4.69) is 11.7 Å². The van der Waals surface area contributed by atoms with Crippen molar-refractivity contribution in [3.05, 3.63) is 0 Å². The zero-order valence-corrected chi connectivity index (χ0v) is 20.3. The number of hydrogen-bond donors (Lipinski definition) is 0. The normalized spacial score (nSPS) is 14.9. The molecule has 0 aliphatic carbocycles. The van der Waals surface area contributed by atoms with Gasteiger partial charge in [-0.15, -0.1) is 0 Å². The number of phosphoric acid groups is 1. The number of carbonyl (C=O) groups excluding carboxylic acids is 1. The van der Waals surface area contributed by atoms with Gasteiger partial charge in [0.25, 0.3) is 7.82 Å². The zero-order valence-electron chi connectivity index (χ0n) is 19.4. The molecule has 180 valence electrons. The Morgan fingerprint density at radius 3 is 2.10 bits per heavy atom. The molecule has 2 atom stereocenters. The van der Waals surface area contributed by atoms with Crippen LogP contribution < -0.4 is 4.89 Å². The molecule has 0 aliphatic rings. The number of unbranched alkanes of at least 4 members (excludes halogenated alkanes) is 7. The molecule has 0 aromatic rings. The molecule has 0 saturated heterocycles. The summed E-state index contributed by atoms with van der Waals surface area (Å²) in [6.07, 6.45) is 7.64. The van der Waals surface area contributed by atoms with Gasteiger partial charge in [0.2, 0.25) is 0 Å². The minimum Gasteiger partial charge on any atom is -0.756 e. The summed E-state index contributed by atoms with van der Waals surface area (Å²) in [6.45, 7) is 2.84. The largest absolute Gasteiger partial charge is 0.756 e. The van der Waals surface area contributed by atoms with Crippen LogP contribution in [0.2, 0.25) is 0 Å². The monoisotopic (exact) mass is 455 g/mol. The van der Waals surface area contributed by atoms with Crippen LogP contribution in [0.5, 0.6) is 0 Å². The Kier molecular flexibility index (Phi) is 16.5. The lowest BCUT2D eigenvalue weighted by Gasteiger charge is -2.28. The van der Waals surface area contributed by atoms with Crippen LogP contribution in [0.25, 0.3) is 0 Å². The zero-order chi connectivity index (χ0) is 22.9. The quantitative estimate of drug-likeness (QED) is 0.126. The van der Waals surface area contributed by atoms with Crippen LogP contribution in [-0.4, -0.2) is 78.0 Å². The Bertz CT molecular complexity index is 484. The van der Waals surface area contributed by atoms with E-state index in [0.29, 0.717) is 17.6 Å². The highest BCUT2D eigenvalue weighted by molar-refractivity contribution is 7.45. The molecule has 0 rings (SSSR count). The maximum absolute atomic E-state index is 11.9. The molecule has 0 aliphatic heterocycles. The highest BCUT2D eigenvalue weighted by atomic mass is 31.2. The molecule has 10 heteroatoms. The number of quaternary nitrogens is 1. The molecule has 0 aromatic carbocycles. The standard InChI is InChI=1S/C20H42NO8P/c1-6-7-8-9-10-11-12-13-15-26-17-19(29-20(22)25-5)18-28-30(23,24)27-16-14-21(2,3)4/h19H,6-18H2,1-5H3. The van der Waals surface area contributed by atoms with Gasteiger partial charge in [0.1, 0.15) is 13.2 Å². The molecule has 2 unspecified atom stereocenters. The average molecular weight is 456 g/mol. The molecule has 0 aromatic heterocycles. The lowest BCUT2D eigenvalue weighted by atomic mass is 10.1. The predicted octanol–water partition coefficient (Wildman–Crippen LogP) is 3.50. The van der Waals surface area contributed by atoms with E-state index in [1.54, 1.807) is 0 Å². The van der Waals surface area contributed by atoms with Crippen molar-refractivity contribution in [1.29, 1.82) is 0 Å². The summed E-state index contributed by atoms with van der Waals surface area (Å²) < 4.78 is 37.1. The van der Waals surface area contributed by atoms with Crippen LogP contribution in [0.3, 0.4) is 0 Å². The molecular weight excluding hydrogens is 413 g/mol. The maximum Gasteiger partial charge on any atom is 0.508 e. The molecule has 30 heavy (non-hydrogen) atoms. The summed E-state index contributed by atoms with van der Waals surface area (Å²) in [5.74, 6) is 0. The topological polar surface area (TPSA) is 103 Å². The smallest absolute Gasteiger partial charge is 0.508 e. The van der Waals surface area contributed by atoms with E-state index in [0.717, 1.165) is 12.8 Å². The first-order chi connectivity index (χ1) is 14.1. The minimum absolute atomic E-state index is 0.00173. The fourth-order valence-corrected chi connectivity index (χ4v) is 3.22. The number of rotatable bonds is 19. The van der Waals surface area contributed by atoms with Gasteiger partial charge in [0.15, 0.2) is 6.10 Å². The summed E-state index contributed by atoms with van der Waals surface area (Å²) in [6, 6.07) is 0. The second kappa shape index (κ2) is 16.9. The molecule has 0 bridgehead atoms. The van der Waals surface area contributed by atoms with E-state index in [-0.39, 0.29) is 13.2 Å². The fourth-order valence-electron chi connectivity index (χ4n) is 2.49. The number of methoxy groups -OCH3 is 1. The molecule has 0 radical (unpaired) electrons. The second-order valence-corrected chi connectivity index (χ2v) is 9.74. The Labute approximate surface area is 182 Å². The van der Waals surface area contributed by atoms with Gasteiger partial charge in [-0.2, -0.15) is 0 Å². The van der Waals surface area contributed by atoms with Crippen LogP contribution in [-0.2, 0) is 27.8 Å². The van der Waals surface area contributed by atoms with E-state index in [9.17, 15) is 14.3 Å². The summed E-state index contributed by atoms with van der Waals surface area (Å²) in [5.41, 5.74) is 0. The van der Waals surface area contributed by atoms with Gasteiger partial charge < -0.3 is 32.6 Å². The number of carbonyl (C=O) groups is 1. The Balaban J connectivity index is 4.13. The molecule has 0 spiro atoms. The fraction of sp³-hybridized carbons (Fsp3) is 0.950. The summed E-state index contributed by atoms with van der Waals surface area (Å²) >= 11 is 0. The SMILES string of the molecule is CCCCCCCCCCOCC(COP(=O)([O-])OCC[N+](C)(C)C)OC(=O)OC. The van der Waals surface area contributed by atoms with E-state index >= 15 is 0 Å². The molecule has 0 amide bonds. The number of phosphoric ester groups is 1. The highest BCUT2D eigenvalue weighted by Gasteiger charge is 2.20. The second-order valence-electron chi connectivity index (χ2n) is 8.33. The van der Waals surface area contributed by atoms with Crippen molar-refractivity contribution in [3.63, 3.8) is 0 Å². The summed E-state index contributed by atoms with van der Waals surface area (Å²) in [4.78, 5) is 23.3. The third-order valence-corrected chi connectivity index (χ3v) is 5.27. The highest BCUT2D eigenvalue weighted by Crippen LogP contribution is 2.38. The third-order valence-electron chi connectivity index (χ3n) is 4.31. The van der Waals surface area contributed by atoms with Crippen molar-refractivity contribution in [2.45, 2.75) is 64.4 Å². The molecule has 0 saturated carbocycles.